The van der Waals surface area contributed by atoms with E-state index in [0.29, 0.717) is 29.4 Å². The Morgan fingerprint density at radius 1 is 0.912 bits per heavy atom. The maximum absolute atomic E-state index is 10.6. The van der Waals surface area contributed by atoms with Crippen LogP contribution in [0.25, 0.3) is 44.8 Å². The highest BCUT2D eigenvalue weighted by Crippen LogP contribution is 2.37. The van der Waals surface area contributed by atoms with Crippen molar-refractivity contribution in [3.63, 3.8) is 0 Å². The molecule has 0 aliphatic carbocycles. The number of pyridine rings is 1. The molecular formula is C29H24N4O. The van der Waals surface area contributed by atoms with Crippen LogP contribution in [0.3, 0.4) is 0 Å². The molecule has 0 aliphatic heterocycles. The summed E-state index contributed by atoms with van der Waals surface area (Å²) >= 11 is 0. The van der Waals surface area contributed by atoms with E-state index in [-0.39, 0.29) is 5.75 Å². The second-order valence-electron chi connectivity index (χ2n) is 8.76. The van der Waals surface area contributed by atoms with Gasteiger partial charge in [-0.05, 0) is 53.9 Å². The third kappa shape index (κ3) is 3.91. The van der Waals surface area contributed by atoms with Gasteiger partial charge in [0.2, 0.25) is 0 Å². The lowest BCUT2D eigenvalue weighted by Gasteiger charge is -2.13. The molecule has 5 rings (SSSR count). The maximum atomic E-state index is 10.6. The van der Waals surface area contributed by atoms with Gasteiger partial charge in [0.25, 0.3) is 0 Å². The maximum Gasteiger partial charge on any atom is 0.144 e. The fourth-order valence-electron chi connectivity index (χ4n) is 4.31. The van der Waals surface area contributed by atoms with E-state index in [4.69, 9.17) is 4.98 Å². The third-order valence-corrected chi connectivity index (χ3v) is 5.81. The Labute approximate surface area is 198 Å². The number of benzene rings is 3. The van der Waals surface area contributed by atoms with Crippen LogP contribution in [0.5, 0.6) is 5.75 Å². The molecule has 0 amide bonds. The number of phenols is 1. The molecule has 34 heavy (non-hydrogen) atoms. The number of rotatable bonds is 5. The van der Waals surface area contributed by atoms with Gasteiger partial charge in [-0.2, -0.15) is 5.26 Å². The summed E-state index contributed by atoms with van der Waals surface area (Å²) in [5.74, 6) is 1.23. The molecule has 0 spiro atoms. The monoisotopic (exact) mass is 444 g/mol. The van der Waals surface area contributed by atoms with Crippen molar-refractivity contribution in [2.24, 2.45) is 5.92 Å². The minimum absolute atomic E-state index is 0.182. The number of nitriles is 1. The zero-order valence-electron chi connectivity index (χ0n) is 19.1. The van der Waals surface area contributed by atoms with Crippen molar-refractivity contribution in [1.82, 2.24) is 14.5 Å². The van der Waals surface area contributed by atoms with Gasteiger partial charge >= 0.3 is 0 Å². The number of fused-ring (bicyclic) bond motifs is 1. The highest BCUT2D eigenvalue weighted by Gasteiger charge is 2.20. The first-order chi connectivity index (χ1) is 16.5. The van der Waals surface area contributed by atoms with Crippen LogP contribution in [0.2, 0.25) is 0 Å². The summed E-state index contributed by atoms with van der Waals surface area (Å²) in [7, 11) is 0. The van der Waals surface area contributed by atoms with Crippen molar-refractivity contribution >= 4 is 11.0 Å². The second kappa shape index (κ2) is 8.84. The van der Waals surface area contributed by atoms with Crippen LogP contribution < -0.4 is 0 Å². The minimum atomic E-state index is 0.182. The molecule has 0 unspecified atom stereocenters. The first-order valence-corrected chi connectivity index (χ1v) is 11.3. The Morgan fingerprint density at radius 3 is 2.44 bits per heavy atom. The molecule has 0 saturated carbocycles. The standard InChI is InChI=1S/C29H24N4O/c1-19(2)18-33-26-15-20(17-30)14-24(28(26)32-29(33)23-10-3-4-12-27(23)34)21-8-7-9-22(16-21)25-11-5-6-13-31-25/h3-16,19,34H,18H2,1-2H3. The average Bonchev–Trinajstić information content (AvgIpc) is 3.21. The number of phenolic OH excluding ortho intramolecular Hbond substituents is 1. The summed E-state index contributed by atoms with van der Waals surface area (Å²) in [6.45, 7) is 5.00. The second-order valence-corrected chi connectivity index (χ2v) is 8.76. The lowest BCUT2D eigenvalue weighted by molar-refractivity contribution is 0.475. The number of hydrogen-bond donors (Lipinski definition) is 1. The summed E-state index contributed by atoms with van der Waals surface area (Å²) in [6.07, 6.45) is 1.78. The van der Waals surface area contributed by atoms with Gasteiger partial charge in [-0.15, -0.1) is 0 Å². The highest BCUT2D eigenvalue weighted by molar-refractivity contribution is 5.96. The van der Waals surface area contributed by atoms with E-state index in [1.165, 1.54) is 0 Å². The van der Waals surface area contributed by atoms with Gasteiger partial charge in [0.05, 0.1) is 33.9 Å². The highest BCUT2D eigenvalue weighted by atomic mass is 16.3. The van der Waals surface area contributed by atoms with E-state index >= 15 is 0 Å². The van der Waals surface area contributed by atoms with Crippen molar-refractivity contribution in [1.29, 1.82) is 5.26 Å². The molecule has 0 bridgehead atoms. The number of imidazole rings is 1. The smallest absolute Gasteiger partial charge is 0.144 e. The van der Waals surface area contributed by atoms with Gasteiger partial charge in [-0.25, -0.2) is 4.98 Å². The fraction of sp³-hybridized carbons (Fsp3) is 0.138. The number of aromatic nitrogens is 3. The molecule has 1 N–H and O–H groups in total. The molecule has 2 aromatic heterocycles. The van der Waals surface area contributed by atoms with Gasteiger partial charge < -0.3 is 9.67 Å². The fourth-order valence-corrected chi connectivity index (χ4v) is 4.31. The Morgan fingerprint density at radius 2 is 1.71 bits per heavy atom. The summed E-state index contributed by atoms with van der Waals surface area (Å²) in [5.41, 5.74) is 6.65. The zero-order valence-corrected chi connectivity index (χ0v) is 19.1. The predicted octanol–water partition coefficient (Wildman–Crippen LogP) is 6.67. The number of aromatic hydroxyl groups is 1. The summed E-state index contributed by atoms with van der Waals surface area (Å²) in [4.78, 5) is 9.51. The van der Waals surface area contributed by atoms with E-state index in [0.717, 1.165) is 33.4 Å². The Balaban J connectivity index is 1.79. The molecule has 0 atom stereocenters. The van der Waals surface area contributed by atoms with Crippen molar-refractivity contribution in [2.75, 3.05) is 0 Å². The van der Waals surface area contributed by atoms with Crippen molar-refractivity contribution in [3.05, 3.63) is 90.6 Å². The van der Waals surface area contributed by atoms with Crippen LogP contribution in [0, 0.1) is 17.2 Å². The van der Waals surface area contributed by atoms with E-state index in [1.54, 1.807) is 18.3 Å². The summed E-state index contributed by atoms with van der Waals surface area (Å²) in [5, 5.41) is 20.4. The number of nitrogens with zero attached hydrogens (tertiary/aromatic N) is 4. The molecule has 0 saturated heterocycles. The van der Waals surface area contributed by atoms with Crippen LogP contribution in [-0.2, 0) is 6.54 Å². The Kier molecular flexibility index (Phi) is 5.57. The third-order valence-electron chi connectivity index (χ3n) is 5.81. The molecule has 2 heterocycles. The van der Waals surface area contributed by atoms with Gasteiger partial charge in [0.1, 0.15) is 11.6 Å². The lowest BCUT2D eigenvalue weighted by Crippen LogP contribution is -2.06. The van der Waals surface area contributed by atoms with Gasteiger partial charge in [0.15, 0.2) is 0 Å². The van der Waals surface area contributed by atoms with Crippen LogP contribution in [0.4, 0.5) is 0 Å². The largest absolute Gasteiger partial charge is 0.507 e. The minimum Gasteiger partial charge on any atom is -0.507 e. The van der Waals surface area contributed by atoms with Crippen LogP contribution in [-0.4, -0.2) is 19.6 Å². The van der Waals surface area contributed by atoms with E-state index in [9.17, 15) is 10.4 Å². The SMILES string of the molecule is CC(C)Cn1c(-c2ccccc2O)nc2c(-c3cccc(-c4ccccn4)c3)cc(C#N)cc21. The van der Waals surface area contributed by atoms with Crippen molar-refractivity contribution in [2.45, 2.75) is 20.4 Å². The summed E-state index contributed by atoms with van der Waals surface area (Å²) < 4.78 is 2.11. The first kappa shape index (κ1) is 21.4. The van der Waals surface area contributed by atoms with E-state index in [2.05, 4.69) is 35.5 Å². The van der Waals surface area contributed by atoms with E-state index < -0.39 is 0 Å². The molecule has 5 heteroatoms. The first-order valence-electron chi connectivity index (χ1n) is 11.3. The molecule has 166 valence electrons. The van der Waals surface area contributed by atoms with Crippen LogP contribution in [0.1, 0.15) is 19.4 Å². The van der Waals surface area contributed by atoms with Gasteiger partial charge in [-0.3, -0.25) is 4.98 Å². The topological polar surface area (TPSA) is 74.7 Å². The Hall–Kier alpha value is -4.43. The van der Waals surface area contributed by atoms with Crippen molar-refractivity contribution < 1.29 is 5.11 Å². The number of para-hydroxylation sites is 1. The molecule has 5 aromatic rings. The average molecular weight is 445 g/mol. The molecule has 0 radical (unpaired) electrons. The number of hydrogen-bond acceptors (Lipinski definition) is 4. The van der Waals surface area contributed by atoms with Gasteiger partial charge in [-0.1, -0.05) is 50.2 Å². The predicted molar refractivity (Wildman–Crippen MR) is 135 cm³/mol. The normalized spacial score (nSPS) is 11.1. The van der Waals surface area contributed by atoms with Crippen LogP contribution in [0.15, 0.2) is 85.1 Å². The zero-order chi connectivity index (χ0) is 23.7. The molecular weight excluding hydrogens is 420 g/mol. The Bertz CT molecular complexity index is 1530. The molecule has 3 aromatic carbocycles. The van der Waals surface area contributed by atoms with E-state index in [1.807, 2.05) is 60.7 Å². The summed E-state index contributed by atoms with van der Waals surface area (Å²) in [6, 6.07) is 27.3. The van der Waals surface area contributed by atoms with Crippen molar-refractivity contribution in [3.8, 4) is 45.6 Å². The molecule has 5 nitrogen and oxygen atoms in total. The van der Waals surface area contributed by atoms with Gasteiger partial charge in [0, 0.05) is 23.9 Å². The van der Waals surface area contributed by atoms with Crippen LogP contribution >= 0.6 is 0 Å². The quantitative estimate of drug-likeness (QED) is 0.329. The lowest BCUT2D eigenvalue weighted by atomic mass is 9.98. The molecule has 0 aliphatic rings. The molecule has 0 fully saturated rings.